The minimum absolute atomic E-state index is 0.0639. The monoisotopic (exact) mass is 315 g/mol. The maximum atomic E-state index is 11.7. The maximum absolute atomic E-state index is 11.7. The lowest BCUT2D eigenvalue weighted by Crippen LogP contribution is -2.12. The van der Waals surface area contributed by atoms with E-state index in [2.05, 4.69) is 21.2 Å². The van der Waals surface area contributed by atoms with Gasteiger partial charge >= 0.3 is 5.97 Å². The summed E-state index contributed by atoms with van der Waals surface area (Å²) in [5.74, 6) is -1.45. The summed E-state index contributed by atoms with van der Waals surface area (Å²) < 4.78 is 5.49. The van der Waals surface area contributed by atoms with Gasteiger partial charge in [-0.25, -0.2) is 4.79 Å². The van der Waals surface area contributed by atoms with Gasteiger partial charge in [0.2, 0.25) is 0 Å². The molecule has 0 aliphatic rings. The van der Waals surface area contributed by atoms with Crippen molar-refractivity contribution in [2.45, 2.75) is 0 Å². The van der Waals surface area contributed by atoms with E-state index in [0.717, 1.165) is 11.3 Å². The summed E-state index contributed by atoms with van der Waals surface area (Å²) in [6.45, 7) is 0. The lowest BCUT2D eigenvalue weighted by atomic mass is 10.3. The number of furan rings is 1. The van der Waals surface area contributed by atoms with Crippen LogP contribution in [-0.2, 0) is 0 Å². The number of halogens is 1. The molecule has 0 bridgehead atoms. The topological polar surface area (TPSA) is 79.5 Å². The molecule has 88 valence electrons. The van der Waals surface area contributed by atoms with E-state index in [1.807, 2.05) is 0 Å². The van der Waals surface area contributed by atoms with E-state index < -0.39 is 11.9 Å². The minimum atomic E-state index is -1.08. The molecule has 0 unspecified atom stereocenters. The Morgan fingerprint density at radius 3 is 2.71 bits per heavy atom. The van der Waals surface area contributed by atoms with Crippen molar-refractivity contribution in [2.75, 3.05) is 5.32 Å². The second-order valence-corrected chi connectivity index (χ2v) is 4.72. The molecule has 2 aromatic heterocycles. The van der Waals surface area contributed by atoms with E-state index in [1.165, 1.54) is 12.1 Å². The van der Waals surface area contributed by atoms with E-state index >= 15 is 0 Å². The Morgan fingerprint density at radius 2 is 2.12 bits per heavy atom. The molecule has 0 spiro atoms. The van der Waals surface area contributed by atoms with Crippen LogP contribution in [0.1, 0.15) is 20.9 Å². The highest BCUT2D eigenvalue weighted by molar-refractivity contribution is 9.10. The van der Waals surface area contributed by atoms with Crippen LogP contribution < -0.4 is 5.32 Å². The highest BCUT2D eigenvalue weighted by atomic mass is 79.9. The smallest absolute Gasteiger partial charge is 0.338 e. The maximum Gasteiger partial charge on any atom is 0.338 e. The summed E-state index contributed by atoms with van der Waals surface area (Å²) in [4.78, 5) is 22.5. The van der Waals surface area contributed by atoms with Gasteiger partial charge in [-0.3, -0.25) is 4.79 Å². The Balaban J connectivity index is 2.18. The lowest BCUT2D eigenvalue weighted by molar-refractivity contribution is 0.0698. The molecule has 7 heteroatoms. The Morgan fingerprint density at radius 1 is 1.35 bits per heavy atom. The van der Waals surface area contributed by atoms with Crippen LogP contribution >= 0.6 is 27.3 Å². The second kappa shape index (κ2) is 4.72. The number of aromatic carboxylic acids is 1. The zero-order valence-corrected chi connectivity index (χ0v) is 10.7. The van der Waals surface area contributed by atoms with E-state index in [9.17, 15) is 9.59 Å². The van der Waals surface area contributed by atoms with Gasteiger partial charge in [0.05, 0.1) is 5.56 Å². The molecule has 0 fully saturated rings. The molecule has 0 saturated heterocycles. The van der Waals surface area contributed by atoms with Gasteiger partial charge in [0.25, 0.3) is 5.91 Å². The zero-order valence-electron chi connectivity index (χ0n) is 8.27. The van der Waals surface area contributed by atoms with Crippen molar-refractivity contribution in [3.63, 3.8) is 0 Å². The van der Waals surface area contributed by atoms with Crippen LogP contribution in [0, 0.1) is 0 Å². The number of carboxylic acids is 1. The summed E-state index contributed by atoms with van der Waals surface area (Å²) in [5.41, 5.74) is 0.0639. The fourth-order valence-electron chi connectivity index (χ4n) is 1.18. The van der Waals surface area contributed by atoms with E-state index in [1.54, 1.807) is 11.4 Å². The number of carboxylic acid groups (broad SMARTS) is 1. The van der Waals surface area contributed by atoms with Crippen LogP contribution in [-0.4, -0.2) is 17.0 Å². The van der Waals surface area contributed by atoms with Gasteiger partial charge in [-0.05, 0) is 39.5 Å². The number of nitrogens with one attached hydrogen (secondary N) is 1. The average Bonchev–Trinajstić information content (AvgIpc) is 2.86. The first-order valence-corrected chi connectivity index (χ1v) is 6.12. The van der Waals surface area contributed by atoms with Gasteiger partial charge in [0.15, 0.2) is 10.4 Å². The van der Waals surface area contributed by atoms with Gasteiger partial charge in [-0.1, -0.05) is 0 Å². The summed E-state index contributed by atoms with van der Waals surface area (Å²) in [6.07, 6.45) is 0. The first-order valence-electron chi connectivity index (χ1n) is 4.45. The molecule has 2 aromatic rings. The Hall–Kier alpha value is -1.60. The molecule has 0 aliphatic heterocycles. The third kappa shape index (κ3) is 2.56. The van der Waals surface area contributed by atoms with Gasteiger partial charge in [-0.15, -0.1) is 11.3 Å². The van der Waals surface area contributed by atoms with Crippen LogP contribution in [0.25, 0.3) is 0 Å². The normalized spacial score (nSPS) is 10.2. The molecular formula is C10H6BrNO4S. The molecule has 5 nitrogen and oxygen atoms in total. The summed E-state index contributed by atoms with van der Waals surface area (Å²) in [7, 11) is 0. The number of anilines is 1. The molecular weight excluding hydrogens is 310 g/mol. The highest BCUT2D eigenvalue weighted by Crippen LogP contribution is 2.24. The van der Waals surface area contributed by atoms with Gasteiger partial charge in [-0.2, -0.15) is 0 Å². The van der Waals surface area contributed by atoms with Crippen LogP contribution in [0.15, 0.2) is 32.7 Å². The number of hydrogen-bond donors (Lipinski definition) is 2. The third-order valence-corrected chi connectivity index (χ3v) is 3.18. The lowest BCUT2D eigenvalue weighted by Gasteiger charge is -2.01. The summed E-state index contributed by atoms with van der Waals surface area (Å²) in [6, 6.07) is 4.51. The molecule has 1 amide bonds. The van der Waals surface area contributed by atoms with Crippen molar-refractivity contribution in [2.24, 2.45) is 0 Å². The number of rotatable bonds is 3. The molecule has 2 N–H and O–H groups in total. The van der Waals surface area contributed by atoms with Gasteiger partial charge in [0.1, 0.15) is 5.00 Å². The molecule has 0 saturated carbocycles. The van der Waals surface area contributed by atoms with Crippen LogP contribution in [0.3, 0.4) is 0 Å². The predicted molar refractivity (Wildman–Crippen MR) is 65.6 cm³/mol. The summed E-state index contributed by atoms with van der Waals surface area (Å²) in [5, 5.41) is 13.2. The Labute approximate surface area is 108 Å². The molecule has 0 aromatic carbocycles. The average molecular weight is 316 g/mol. The minimum Gasteiger partial charge on any atom is -0.478 e. The molecule has 17 heavy (non-hydrogen) atoms. The predicted octanol–water partition coefficient (Wildman–Crippen LogP) is 3.05. The van der Waals surface area contributed by atoms with Crippen molar-refractivity contribution in [3.05, 3.63) is 39.6 Å². The molecule has 2 heterocycles. The van der Waals surface area contributed by atoms with Crippen LogP contribution in [0.4, 0.5) is 5.00 Å². The van der Waals surface area contributed by atoms with Crippen molar-refractivity contribution in [1.82, 2.24) is 0 Å². The van der Waals surface area contributed by atoms with Crippen molar-refractivity contribution >= 4 is 44.1 Å². The van der Waals surface area contributed by atoms with Crippen molar-refractivity contribution in [3.8, 4) is 0 Å². The third-order valence-electron chi connectivity index (χ3n) is 1.92. The molecule has 2 rings (SSSR count). The Bertz CT molecular complexity index is 574. The molecule has 0 radical (unpaired) electrons. The van der Waals surface area contributed by atoms with E-state index in [-0.39, 0.29) is 16.3 Å². The number of amides is 1. The van der Waals surface area contributed by atoms with Crippen molar-refractivity contribution in [1.29, 1.82) is 0 Å². The fourth-order valence-corrected chi connectivity index (χ4v) is 2.26. The van der Waals surface area contributed by atoms with E-state index in [4.69, 9.17) is 9.52 Å². The summed E-state index contributed by atoms with van der Waals surface area (Å²) >= 11 is 4.22. The number of hydrogen-bond acceptors (Lipinski definition) is 4. The largest absolute Gasteiger partial charge is 0.478 e. The standard InChI is InChI=1S/C10H6BrNO4S/c11-7-2-1-6(16-7)8(13)12-9-5(10(14)15)3-4-17-9/h1-4H,(H,12,13)(H,14,15). The van der Waals surface area contributed by atoms with Gasteiger partial charge < -0.3 is 14.8 Å². The van der Waals surface area contributed by atoms with Crippen LogP contribution in [0.5, 0.6) is 0 Å². The van der Waals surface area contributed by atoms with Crippen molar-refractivity contribution < 1.29 is 19.1 Å². The molecule has 0 atom stereocenters. The number of carbonyl (C=O) groups is 2. The van der Waals surface area contributed by atoms with E-state index in [0.29, 0.717) is 4.67 Å². The number of carbonyl (C=O) groups excluding carboxylic acids is 1. The Kier molecular flexibility index (Phi) is 3.30. The quantitative estimate of drug-likeness (QED) is 0.912. The first kappa shape index (κ1) is 11.9. The first-order chi connectivity index (χ1) is 8.08. The van der Waals surface area contributed by atoms with Crippen LogP contribution in [0.2, 0.25) is 0 Å². The number of thiophene rings is 1. The SMILES string of the molecule is O=C(Nc1sccc1C(=O)O)c1ccc(Br)o1. The fraction of sp³-hybridized carbons (Fsp3) is 0. The highest BCUT2D eigenvalue weighted by Gasteiger charge is 2.16. The van der Waals surface area contributed by atoms with Gasteiger partial charge in [0, 0.05) is 0 Å². The zero-order chi connectivity index (χ0) is 12.4. The second-order valence-electron chi connectivity index (χ2n) is 3.03. The molecule has 0 aliphatic carbocycles.